The number of aromatic nitrogens is 4. The molecule has 0 saturated carbocycles. The van der Waals surface area contributed by atoms with Gasteiger partial charge in [0.25, 0.3) is 0 Å². The van der Waals surface area contributed by atoms with Crippen molar-refractivity contribution >= 4 is 17.0 Å². The van der Waals surface area contributed by atoms with E-state index >= 15 is 0 Å². The van der Waals surface area contributed by atoms with Gasteiger partial charge in [-0.1, -0.05) is 0 Å². The third kappa shape index (κ3) is 3.36. The zero-order valence-electron chi connectivity index (χ0n) is 17.3. The molecule has 2 aliphatic heterocycles. The topological polar surface area (TPSA) is 107 Å². The van der Waals surface area contributed by atoms with Crippen LogP contribution in [0.5, 0.6) is 0 Å². The van der Waals surface area contributed by atoms with Crippen LogP contribution in [0.2, 0.25) is 0 Å². The van der Waals surface area contributed by atoms with Crippen LogP contribution in [-0.2, 0) is 18.9 Å². The maximum absolute atomic E-state index is 6.54. The second kappa shape index (κ2) is 6.35. The third-order valence-corrected chi connectivity index (χ3v) is 4.86. The van der Waals surface area contributed by atoms with E-state index in [9.17, 15) is 0 Å². The van der Waals surface area contributed by atoms with E-state index < -0.39 is 11.8 Å². The predicted molar refractivity (Wildman–Crippen MR) is 103 cm³/mol. The Labute approximate surface area is 164 Å². The summed E-state index contributed by atoms with van der Waals surface area (Å²) in [6.07, 6.45) is 2.06. The number of ether oxygens (including phenoxy) is 4. The van der Waals surface area contributed by atoms with Crippen molar-refractivity contribution in [2.45, 2.75) is 76.8 Å². The Morgan fingerprint density at radius 3 is 2.61 bits per heavy atom. The fourth-order valence-electron chi connectivity index (χ4n) is 3.67. The number of hydrogen-bond donors (Lipinski definition) is 1. The van der Waals surface area contributed by atoms with Crippen molar-refractivity contribution in [1.29, 1.82) is 0 Å². The first kappa shape index (κ1) is 19.5. The molecule has 2 aromatic rings. The zero-order valence-corrected chi connectivity index (χ0v) is 17.3. The van der Waals surface area contributed by atoms with Crippen LogP contribution in [0.4, 0.5) is 5.82 Å². The summed E-state index contributed by atoms with van der Waals surface area (Å²) in [5.41, 5.74) is 5.72. The van der Waals surface area contributed by atoms with Crippen molar-refractivity contribution in [3.05, 3.63) is 12.7 Å². The summed E-state index contributed by atoms with van der Waals surface area (Å²) < 4.78 is 27.0. The molecule has 28 heavy (non-hydrogen) atoms. The van der Waals surface area contributed by atoms with Crippen LogP contribution in [0.1, 0.15) is 47.8 Å². The molecule has 4 rings (SSSR count). The molecule has 9 heteroatoms. The molecule has 2 aliphatic rings. The fourth-order valence-corrected chi connectivity index (χ4v) is 3.67. The molecule has 4 heterocycles. The van der Waals surface area contributed by atoms with Gasteiger partial charge in [-0.25, -0.2) is 15.0 Å². The van der Waals surface area contributed by atoms with E-state index in [4.69, 9.17) is 24.7 Å². The van der Waals surface area contributed by atoms with E-state index in [1.165, 1.54) is 6.33 Å². The average molecular weight is 391 g/mol. The fraction of sp³-hybridized carbons (Fsp3) is 0.737. The summed E-state index contributed by atoms with van der Waals surface area (Å²) in [6, 6.07) is 0. The molecule has 2 saturated heterocycles. The minimum atomic E-state index is -0.703. The van der Waals surface area contributed by atoms with Gasteiger partial charge in [0.05, 0.1) is 30.7 Å². The van der Waals surface area contributed by atoms with Gasteiger partial charge in [-0.2, -0.15) is 0 Å². The van der Waals surface area contributed by atoms with E-state index in [1.54, 1.807) is 6.33 Å². The second-order valence-corrected chi connectivity index (χ2v) is 9.48. The van der Waals surface area contributed by atoms with E-state index in [2.05, 4.69) is 15.0 Å². The SMILES string of the molecule is CC(C)(C)OC[C@@]12COC([C@H](n3cnc4c(N)ncnc43)O1)[C@H]2OC(C)(C)C. The first-order chi connectivity index (χ1) is 13.0. The van der Waals surface area contributed by atoms with Gasteiger partial charge in [0.15, 0.2) is 17.7 Å². The molecular weight excluding hydrogens is 362 g/mol. The number of fused-ring (bicyclic) bond motifs is 3. The van der Waals surface area contributed by atoms with E-state index in [1.807, 2.05) is 46.1 Å². The van der Waals surface area contributed by atoms with Gasteiger partial charge in [0, 0.05) is 0 Å². The standard InChI is InChI=1S/C19H29N5O4/c1-17(2,3)26-8-19-7-25-12(13(19)27-18(4,5)6)16(28-19)24-10-23-11-14(20)21-9-22-15(11)24/h9-10,12-13,16H,7-8H2,1-6H3,(H2,20,21,22)/t12?,13-,16-,19-/m1/s1. The number of nitrogens with zero attached hydrogens (tertiary/aromatic N) is 4. The Hall–Kier alpha value is -1.81. The maximum atomic E-state index is 6.54. The molecule has 2 N–H and O–H groups in total. The number of nitrogen functional groups attached to an aromatic ring is 1. The summed E-state index contributed by atoms with van der Waals surface area (Å²) in [5.74, 6) is 0.334. The van der Waals surface area contributed by atoms with Gasteiger partial charge in [-0.15, -0.1) is 0 Å². The van der Waals surface area contributed by atoms with Crippen LogP contribution in [0.3, 0.4) is 0 Å². The molecule has 0 amide bonds. The molecule has 2 bridgehead atoms. The van der Waals surface area contributed by atoms with Crippen LogP contribution in [0.15, 0.2) is 12.7 Å². The largest absolute Gasteiger partial charge is 0.382 e. The number of nitrogens with two attached hydrogens (primary N) is 1. The summed E-state index contributed by atoms with van der Waals surface area (Å²) in [4.78, 5) is 12.7. The highest BCUT2D eigenvalue weighted by atomic mass is 16.7. The van der Waals surface area contributed by atoms with Crippen LogP contribution in [0, 0.1) is 0 Å². The Balaban J connectivity index is 1.70. The van der Waals surface area contributed by atoms with Crippen molar-refractivity contribution in [2.75, 3.05) is 18.9 Å². The van der Waals surface area contributed by atoms with Crippen LogP contribution in [0.25, 0.3) is 11.2 Å². The zero-order chi connectivity index (χ0) is 20.3. The van der Waals surface area contributed by atoms with Crippen molar-refractivity contribution in [3.63, 3.8) is 0 Å². The number of imidazole rings is 1. The van der Waals surface area contributed by atoms with Gasteiger partial charge >= 0.3 is 0 Å². The number of hydrogen-bond acceptors (Lipinski definition) is 8. The minimum Gasteiger partial charge on any atom is -0.382 e. The first-order valence-electron chi connectivity index (χ1n) is 9.53. The Morgan fingerprint density at radius 1 is 1.18 bits per heavy atom. The van der Waals surface area contributed by atoms with Crippen molar-refractivity contribution in [2.24, 2.45) is 0 Å². The second-order valence-electron chi connectivity index (χ2n) is 9.48. The molecule has 0 aliphatic carbocycles. The molecule has 0 spiro atoms. The lowest BCUT2D eigenvalue weighted by atomic mass is 9.98. The molecule has 9 nitrogen and oxygen atoms in total. The monoisotopic (exact) mass is 391 g/mol. The van der Waals surface area contributed by atoms with Crippen molar-refractivity contribution in [3.8, 4) is 0 Å². The quantitative estimate of drug-likeness (QED) is 0.844. The summed E-state index contributed by atoms with van der Waals surface area (Å²) in [6.45, 7) is 12.9. The van der Waals surface area contributed by atoms with Crippen molar-refractivity contribution in [1.82, 2.24) is 19.5 Å². The summed E-state index contributed by atoms with van der Waals surface area (Å²) in [7, 11) is 0. The highest BCUT2D eigenvalue weighted by molar-refractivity contribution is 5.81. The van der Waals surface area contributed by atoms with E-state index in [0.717, 1.165) is 0 Å². The average Bonchev–Trinajstić information content (AvgIpc) is 3.22. The predicted octanol–water partition coefficient (Wildman–Crippen LogP) is 2.07. The van der Waals surface area contributed by atoms with Crippen molar-refractivity contribution < 1.29 is 18.9 Å². The molecule has 2 aromatic heterocycles. The van der Waals surface area contributed by atoms with Gasteiger partial charge in [-0.3, -0.25) is 4.57 Å². The smallest absolute Gasteiger partial charge is 0.167 e. The highest BCUT2D eigenvalue weighted by Crippen LogP contribution is 2.48. The lowest BCUT2D eigenvalue weighted by molar-refractivity contribution is -0.209. The maximum Gasteiger partial charge on any atom is 0.167 e. The molecule has 154 valence electrons. The Kier molecular flexibility index (Phi) is 4.42. The number of anilines is 1. The van der Waals surface area contributed by atoms with E-state index in [0.29, 0.717) is 30.2 Å². The summed E-state index contributed by atoms with van der Waals surface area (Å²) in [5, 5.41) is 0. The third-order valence-electron chi connectivity index (χ3n) is 4.86. The molecule has 0 radical (unpaired) electrons. The lowest BCUT2D eigenvalue weighted by Crippen LogP contribution is -2.49. The summed E-state index contributed by atoms with van der Waals surface area (Å²) >= 11 is 0. The lowest BCUT2D eigenvalue weighted by Gasteiger charge is -2.35. The Morgan fingerprint density at radius 2 is 1.93 bits per heavy atom. The molecule has 1 unspecified atom stereocenters. The highest BCUT2D eigenvalue weighted by Gasteiger charge is 2.64. The normalized spacial score (nSPS) is 30.4. The van der Waals surface area contributed by atoms with E-state index in [-0.39, 0.29) is 23.4 Å². The number of rotatable bonds is 4. The molecule has 0 aromatic carbocycles. The van der Waals surface area contributed by atoms with Gasteiger partial charge in [0.2, 0.25) is 0 Å². The molecular formula is C19H29N5O4. The van der Waals surface area contributed by atoms with Gasteiger partial charge in [0.1, 0.15) is 29.7 Å². The van der Waals surface area contributed by atoms with Crippen LogP contribution >= 0.6 is 0 Å². The van der Waals surface area contributed by atoms with Crippen LogP contribution in [-0.4, -0.2) is 61.7 Å². The first-order valence-corrected chi connectivity index (χ1v) is 9.53. The van der Waals surface area contributed by atoms with Gasteiger partial charge < -0.3 is 24.7 Å². The minimum absolute atomic E-state index is 0.281. The Bertz CT molecular complexity index is 871. The van der Waals surface area contributed by atoms with Crippen LogP contribution < -0.4 is 5.73 Å². The molecule has 2 fully saturated rings. The molecule has 4 atom stereocenters. The van der Waals surface area contributed by atoms with Gasteiger partial charge in [-0.05, 0) is 41.5 Å².